The predicted molar refractivity (Wildman–Crippen MR) is 63.0 cm³/mol. The van der Waals surface area contributed by atoms with E-state index in [-0.39, 0.29) is 5.60 Å². The quantitative estimate of drug-likeness (QED) is 0.780. The van der Waals surface area contributed by atoms with Crippen LogP contribution in [0.5, 0.6) is 0 Å². The summed E-state index contributed by atoms with van der Waals surface area (Å²) in [6.07, 6.45) is 0. The van der Waals surface area contributed by atoms with Crippen molar-refractivity contribution in [3.8, 4) is 0 Å². The van der Waals surface area contributed by atoms with Crippen LogP contribution in [0, 0.1) is 5.92 Å². The molecule has 0 aliphatic carbocycles. The van der Waals surface area contributed by atoms with Crippen LogP contribution in [0.2, 0.25) is 0 Å². The van der Waals surface area contributed by atoms with E-state index in [0.717, 1.165) is 18.3 Å². The maximum Gasteiger partial charge on any atom is 0.156 e. The van der Waals surface area contributed by atoms with E-state index in [1.54, 1.807) is 18.9 Å². The van der Waals surface area contributed by atoms with Gasteiger partial charge >= 0.3 is 0 Å². The van der Waals surface area contributed by atoms with Crippen LogP contribution >= 0.6 is 11.8 Å². The number of hydrogen-bond donors (Lipinski definition) is 1. The molecule has 0 saturated carbocycles. The van der Waals surface area contributed by atoms with Gasteiger partial charge in [-0.3, -0.25) is 4.99 Å². The molecule has 0 aromatic heterocycles. The van der Waals surface area contributed by atoms with Crippen LogP contribution in [0.25, 0.3) is 0 Å². The van der Waals surface area contributed by atoms with Crippen molar-refractivity contribution in [3.05, 3.63) is 0 Å². The molecule has 3 nitrogen and oxygen atoms in total. The third-order valence-corrected chi connectivity index (χ3v) is 3.55. The smallest absolute Gasteiger partial charge is 0.156 e. The molecule has 0 spiro atoms. The van der Waals surface area contributed by atoms with Gasteiger partial charge in [-0.25, -0.2) is 0 Å². The lowest BCUT2D eigenvalue weighted by Gasteiger charge is -2.25. The van der Waals surface area contributed by atoms with Crippen LogP contribution < -0.4 is 5.32 Å². The Kier molecular flexibility index (Phi) is 4.26. The number of nitrogens with one attached hydrogen (secondary N) is 1. The molecule has 0 saturated heterocycles. The largest absolute Gasteiger partial charge is 0.377 e. The van der Waals surface area contributed by atoms with Crippen LogP contribution in [0.1, 0.15) is 20.8 Å². The van der Waals surface area contributed by atoms with Crippen molar-refractivity contribution >= 4 is 16.9 Å². The van der Waals surface area contributed by atoms with Gasteiger partial charge in [0.2, 0.25) is 0 Å². The highest BCUT2D eigenvalue weighted by molar-refractivity contribution is 8.13. The Bertz CT molecular complexity index is 216. The number of ether oxygens (including phenoxy) is 1. The SMILES string of the molecule is COC(C)(C)CNC1=NCC(C)CS1. The summed E-state index contributed by atoms with van der Waals surface area (Å²) in [4.78, 5) is 4.46. The zero-order valence-electron chi connectivity index (χ0n) is 9.46. The lowest BCUT2D eigenvalue weighted by molar-refractivity contribution is 0.0271. The first kappa shape index (κ1) is 11.9. The topological polar surface area (TPSA) is 33.6 Å². The van der Waals surface area contributed by atoms with E-state index in [9.17, 15) is 0 Å². The summed E-state index contributed by atoms with van der Waals surface area (Å²) in [5.74, 6) is 1.88. The van der Waals surface area contributed by atoms with Gasteiger partial charge in [0.05, 0.1) is 5.60 Å². The zero-order valence-corrected chi connectivity index (χ0v) is 10.3. The van der Waals surface area contributed by atoms with E-state index in [2.05, 4.69) is 31.1 Å². The highest BCUT2D eigenvalue weighted by atomic mass is 32.2. The summed E-state index contributed by atoms with van der Waals surface area (Å²) in [5, 5.41) is 4.38. The third kappa shape index (κ3) is 3.88. The molecule has 1 heterocycles. The van der Waals surface area contributed by atoms with Crippen LogP contribution in [-0.4, -0.2) is 36.7 Å². The second kappa shape index (κ2) is 5.03. The molecule has 0 bridgehead atoms. The molecule has 1 aliphatic heterocycles. The molecule has 0 radical (unpaired) electrons. The monoisotopic (exact) mass is 216 g/mol. The van der Waals surface area contributed by atoms with Gasteiger partial charge in [0.15, 0.2) is 5.17 Å². The van der Waals surface area contributed by atoms with Crippen LogP contribution in [0.3, 0.4) is 0 Å². The molecule has 1 aliphatic rings. The Hall–Kier alpha value is -0.220. The summed E-state index contributed by atoms with van der Waals surface area (Å²) in [5.41, 5.74) is -0.119. The second-order valence-corrected chi connectivity index (χ2v) is 5.39. The molecule has 1 atom stereocenters. The summed E-state index contributed by atoms with van der Waals surface area (Å²) < 4.78 is 5.32. The highest BCUT2D eigenvalue weighted by Gasteiger charge is 2.18. The molecular formula is C10H20N2OS. The Morgan fingerprint density at radius 1 is 1.64 bits per heavy atom. The predicted octanol–water partition coefficient (Wildman–Crippen LogP) is 1.74. The van der Waals surface area contributed by atoms with Crippen LogP contribution in [-0.2, 0) is 4.74 Å². The van der Waals surface area contributed by atoms with E-state index in [0.29, 0.717) is 5.92 Å². The first-order valence-corrected chi connectivity index (χ1v) is 5.98. The maximum absolute atomic E-state index is 5.32. The Labute approximate surface area is 90.7 Å². The van der Waals surface area contributed by atoms with Gasteiger partial charge < -0.3 is 10.1 Å². The lowest BCUT2D eigenvalue weighted by atomic mass is 10.1. The fraction of sp³-hybridized carbons (Fsp3) is 0.900. The molecule has 14 heavy (non-hydrogen) atoms. The summed E-state index contributed by atoms with van der Waals surface area (Å²) in [7, 11) is 1.74. The number of methoxy groups -OCH3 is 1. The van der Waals surface area contributed by atoms with Gasteiger partial charge in [0, 0.05) is 26.0 Å². The third-order valence-electron chi connectivity index (χ3n) is 2.27. The summed E-state index contributed by atoms with van der Waals surface area (Å²) in [6.45, 7) is 8.12. The first-order chi connectivity index (χ1) is 6.53. The second-order valence-electron chi connectivity index (χ2n) is 4.38. The number of thioether (sulfide) groups is 1. The van der Waals surface area contributed by atoms with Crippen molar-refractivity contribution in [2.75, 3.05) is 26.0 Å². The van der Waals surface area contributed by atoms with Gasteiger partial charge in [-0.15, -0.1) is 0 Å². The molecule has 1 unspecified atom stereocenters. The molecule has 1 N–H and O–H groups in total. The van der Waals surface area contributed by atoms with Crippen molar-refractivity contribution in [3.63, 3.8) is 0 Å². The average molecular weight is 216 g/mol. The minimum Gasteiger partial charge on any atom is -0.377 e. The van der Waals surface area contributed by atoms with Gasteiger partial charge in [0.1, 0.15) is 0 Å². The van der Waals surface area contributed by atoms with Gasteiger partial charge in [0.25, 0.3) is 0 Å². The molecule has 0 amide bonds. The number of rotatable bonds is 3. The number of hydrogen-bond acceptors (Lipinski definition) is 4. The van der Waals surface area contributed by atoms with Gasteiger partial charge in [-0.05, 0) is 19.8 Å². The van der Waals surface area contributed by atoms with Crippen molar-refractivity contribution in [2.45, 2.75) is 26.4 Å². The molecular weight excluding hydrogens is 196 g/mol. The molecule has 82 valence electrons. The molecule has 4 heteroatoms. The van der Waals surface area contributed by atoms with Gasteiger partial charge in [-0.2, -0.15) is 0 Å². The number of nitrogens with zero attached hydrogens (tertiary/aromatic N) is 1. The molecule has 1 rings (SSSR count). The van der Waals surface area contributed by atoms with E-state index in [4.69, 9.17) is 4.74 Å². The number of amidine groups is 1. The van der Waals surface area contributed by atoms with E-state index >= 15 is 0 Å². The molecule has 0 fully saturated rings. The van der Waals surface area contributed by atoms with E-state index in [1.165, 1.54) is 5.75 Å². The van der Waals surface area contributed by atoms with E-state index < -0.39 is 0 Å². The lowest BCUT2D eigenvalue weighted by Crippen LogP contribution is -2.39. The fourth-order valence-electron chi connectivity index (χ4n) is 1.03. The highest BCUT2D eigenvalue weighted by Crippen LogP contribution is 2.16. The van der Waals surface area contributed by atoms with E-state index in [1.807, 2.05) is 0 Å². The average Bonchev–Trinajstić information content (AvgIpc) is 2.17. The van der Waals surface area contributed by atoms with Crippen molar-refractivity contribution in [2.24, 2.45) is 10.9 Å². The van der Waals surface area contributed by atoms with Crippen molar-refractivity contribution in [1.29, 1.82) is 0 Å². The minimum absolute atomic E-state index is 0.119. The summed E-state index contributed by atoms with van der Waals surface area (Å²) in [6, 6.07) is 0. The Balaban J connectivity index is 2.32. The number of aliphatic imine (C=N–C) groups is 1. The standard InChI is InChI=1S/C10H20N2OS/c1-8-5-11-9(14-6-8)12-7-10(2,3)13-4/h8H,5-7H2,1-4H3,(H,11,12). The minimum atomic E-state index is -0.119. The zero-order chi connectivity index (χ0) is 10.6. The summed E-state index contributed by atoms with van der Waals surface area (Å²) >= 11 is 1.81. The Morgan fingerprint density at radius 2 is 2.36 bits per heavy atom. The normalized spacial score (nSPS) is 23.1. The van der Waals surface area contributed by atoms with Crippen LogP contribution in [0.4, 0.5) is 0 Å². The fourth-order valence-corrected chi connectivity index (χ4v) is 1.91. The van der Waals surface area contributed by atoms with Gasteiger partial charge in [-0.1, -0.05) is 18.7 Å². The molecule has 0 aromatic rings. The first-order valence-electron chi connectivity index (χ1n) is 5.00. The van der Waals surface area contributed by atoms with Crippen LogP contribution in [0.15, 0.2) is 4.99 Å². The Morgan fingerprint density at radius 3 is 2.86 bits per heavy atom. The van der Waals surface area contributed by atoms with Crippen molar-refractivity contribution in [1.82, 2.24) is 5.32 Å². The molecule has 0 aromatic carbocycles. The van der Waals surface area contributed by atoms with Crippen molar-refractivity contribution < 1.29 is 4.74 Å². The maximum atomic E-state index is 5.32.